The van der Waals surface area contributed by atoms with Crippen LogP contribution in [0.2, 0.25) is 10.0 Å². The molecule has 2 atom stereocenters. The summed E-state index contributed by atoms with van der Waals surface area (Å²) in [4.78, 5) is 25.7. The molecule has 1 heterocycles. The molecule has 0 aliphatic carbocycles. The number of carbonyl (C=O) groups is 2. The van der Waals surface area contributed by atoms with Crippen LogP contribution >= 0.6 is 23.2 Å². The summed E-state index contributed by atoms with van der Waals surface area (Å²) in [5.41, 5.74) is 4.94. The number of carbonyl (C=O) groups excluding carboxylic acids is 2. The zero-order valence-corrected chi connectivity index (χ0v) is 18.6. The molecule has 0 saturated carbocycles. The van der Waals surface area contributed by atoms with Gasteiger partial charge in [-0.25, -0.2) is 0 Å². The van der Waals surface area contributed by atoms with E-state index in [0.717, 1.165) is 16.9 Å². The van der Waals surface area contributed by atoms with Crippen molar-refractivity contribution in [3.05, 3.63) is 99.5 Å². The molecule has 0 bridgehead atoms. The molecule has 0 radical (unpaired) electrons. The lowest BCUT2D eigenvalue weighted by Gasteiger charge is -2.15. The van der Waals surface area contributed by atoms with Gasteiger partial charge in [0, 0.05) is 26.7 Å². The number of amides is 2. The van der Waals surface area contributed by atoms with Crippen LogP contribution in [0.25, 0.3) is 0 Å². The average molecular weight is 469 g/mol. The average Bonchev–Trinajstić information content (AvgIpc) is 3.09. The van der Waals surface area contributed by atoms with Crippen LogP contribution in [-0.2, 0) is 4.79 Å². The normalized spacial score (nSPS) is 19.0. The summed E-state index contributed by atoms with van der Waals surface area (Å²) < 4.78 is 6.90. The fourth-order valence-corrected chi connectivity index (χ4v) is 3.77. The smallest absolute Gasteiger partial charge is 0.304 e. The number of nitrogens with one attached hydrogen (secondary N) is 2. The maximum atomic E-state index is 12.9. The number of hydrazine groups is 1. The van der Waals surface area contributed by atoms with Crippen molar-refractivity contribution in [3.63, 3.8) is 0 Å². The van der Waals surface area contributed by atoms with Crippen molar-refractivity contribution in [1.82, 2.24) is 10.7 Å². The van der Waals surface area contributed by atoms with Crippen LogP contribution in [0, 0.1) is 0 Å². The van der Waals surface area contributed by atoms with Gasteiger partial charge >= 0.3 is 5.91 Å². The third-order valence-electron chi connectivity index (χ3n) is 5.15. The van der Waals surface area contributed by atoms with E-state index in [9.17, 15) is 9.59 Å². The Kier molecular flexibility index (Phi) is 6.44. The van der Waals surface area contributed by atoms with E-state index in [4.69, 9.17) is 27.9 Å². The van der Waals surface area contributed by atoms with Crippen molar-refractivity contribution < 1.29 is 19.0 Å². The Morgan fingerprint density at radius 3 is 2.16 bits per heavy atom. The maximum absolute atomic E-state index is 12.9. The van der Waals surface area contributed by atoms with Crippen molar-refractivity contribution in [2.24, 2.45) is 0 Å². The second kappa shape index (κ2) is 9.42. The molecule has 32 heavy (non-hydrogen) atoms. The summed E-state index contributed by atoms with van der Waals surface area (Å²) in [6.07, 6.45) is 1.81. The highest BCUT2D eigenvalue weighted by atomic mass is 35.5. The minimum absolute atomic E-state index is 0.322. The quantitative estimate of drug-likeness (QED) is 0.555. The number of hydrazone groups is 1. The van der Waals surface area contributed by atoms with Crippen LogP contribution in [0.4, 0.5) is 0 Å². The van der Waals surface area contributed by atoms with Gasteiger partial charge < -0.3 is 10.1 Å². The predicted octanol–water partition coefficient (Wildman–Crippen LogP) is 4.02. The van der Waals surface area contributed by atoms with Gasteiger partial charge in [0.1, 0.15) is 5.75 Å². The van der Waals surface area contributed by atoms with Gasteiger partial charge in [-0.3, -0.25) is 9.59 Å². The molecular formula is C24H20Cl2N3O3+. The van der Waals surface area contributed by atoms with Gasteiger partial charge in [0.05, 0.1) is 7.11 Å². The largest absolute Gasteiger partial charge is 0.497 e. The van der Waals surface area contributed by atoms with Crippen LogP contribution in [0.1, 0.15) is 27.5 Å². The summed E-state index contributed by atoms with van der Waals surface area (Å²) in [5.74, 6) is 0.0408. The second-order valence-electron chi connectivity index (χ2n) is 7.24. The fourth-order valence-electron chi connectivity index (χ4n) is 3.52. The minimum atomic E-state index is -0.825. The second-order valence-corrected chi connectivity index (χ2v) is 8.11. The first-order chi connectivity index (χ1) is 15.4. The van der Waals surface area contributed by atoms with Gasteiger partial charge in [-0.1, -0.05) is 35.3 Å². The maximum Gasteiger partial charge on any atom is 0.304 e. The molecule has 1 fully saturated rings. The number of hydrogen-bond donors (Lipinski definition) is 2. The van der Waals surface area contributed by atoms with Gasteiger partial charge in [-0.2, -0.15) is 0 Å². The standard InChI is InChI=1S/C24H19Cl2N3O3/c1-32-20-12-2-15(3-13-20)14-29-22(16-4-8-18(25)9-5-16)21(24(31)28-29)27-23(30)17-6-10-19(26)11-7-17/h2-14,21-22H,1H3,(H-,27,28,30,31)/p+1/b29-14-/t21-,22-/m1/s1. The van der Waals surface area contributed by atoms with Crippen molar-refractivity contribution in [3.8, 4) is 5.75 Å². The van der Waals surface area contributed by atoms with Gasteiger partial charge in [0.15, 0.2) is 6.04 Å². The van der Waals surface area contributed by atoms with E-state index in [1.165, 1.54) is 0 Å². The molecule has 8 heteroatoms. The van der Waals surface area contributed by atoms with E-state index in [1.54, 1.807) is 48.2 Å². The molecule has 3 aromatic rings. The molecule has 162 valence electrons. The van der Waals surface area contributed by atoms with E-state index in [2.05, 4.69) is 10.7 Å². The molecule has 2 amide bonds. The molecule has 0 unspecified atom stereocenters. The van der Waals surface area contributed by atoms with Crippen LogP contribution in [-0.4, -0.2) is 35.9 Å². The Labute approximate surface area is 195 Å². The fraction of sp³-hybridized carbons (Fsp3) is 0.125. The lowest BCUT2D eigenvalue weighted by Crippen LogP contribution is -2.42. The molecule has 1 aliphatic rings. The van der Waals surface area contributed by atoms with Gasteiger partial charge in [-0.15, -0.1) is 10.1 Å². The Hall–Kier alpha value is -3.35. The van der Waals surface area contributed by atoms with Crippen molar-refractivity contribution >= 4 is 41.2 Å². The Morgan fingerprint density at radius 1 is 0.969 bits per heavy atom. The molecule has 2 N–H and O–H groups in total. The van der Waals surface area contributed by atoms with E-state index in [-0.39, 0.29) is 11.8 Å². The Balaban J connectivity index is 1.68. The van der Waals surface area contributed by atoms with Gasteiger partial charge in [-0.05, 0) is 60.7 Å². The summed E-state index contributed by atoms with van der Waals surface area (Å²) in [5, 5.41) is 3.96. The first-order valence-electron chi connectivity index (χ1n) is 9.84. The lowest BCUT2D eigenvalue weighted by molar-refractivity contribution is -0.596. The van der Waals surface area contributed by atoms with Crippen LogP contribution in [0.5, 0.6) is 5.75 Å². The zero-order chi connectivity index (χ0) is 22.7. The summed E-state index contributed by atoms with van der Waals surface area (Å²) in [6.45, 7) is 0. The van der Waals surface area contributed by atoms with E-state index in [0.29, 0.717) is 15.6 Å². The van der Waals surface area contributed by atoms with Crippen molar-refractivity contribution in [2.75, 3.05) is 7.11 Å². The molecule has 0 spiro atoms. The van der Waals surface area contributed by atoms with E-state index in [1.807, 2.05) is 42.6 Å². The topological polar surface area (TPSA) is 70.4 Å². The summed E-state index contributed by atoms with van der Waals surface area (Å²) in [7, 11) is 1.60. The third kappa shape index (κ3) is 4.77. The molecular weight excluding hydrogens is 449 g/mol. The van der Waals surface area contributed by atoms with E-state index < -0.39 is 12.1 Å². The first kappa shape index (κ1) is 21.9. The Morgan fingerprint density at radius 2 is 1.56 bits per heavy atom. The highest BCUT2D eigenvalue weighted by Crippen LogP contribution is 2.27. The van der Waals surface area contributed by atoms with Crippen LogP contribution in [0.3, 0.4) is 0 Å². The molecule has 4 rings (SSSR count). The molecule has 1 aliphatic heterocycles. The van der Waals surface area contributed by atoms with Crippen LogP contribution < -0.4 is 15.5 Å². The first-order valence-corrected chi connectivity index (χ1v) is 10.6. The van der Waals surface area contributed by atoms with Crippen molar-refractivity contribution in [1.29, 1.82) is 0 Å². The number of rotatable bonds is 5. The Bertz CT molecular complexity index is 1160. The monoisotopic (exact) mass is 468 g/mol. The summed E-state index contributed by atoms with van der Waals surface area (Å²) in [6, 6.07) is 19.8. The number of nitrogens with zero attached hydrogens (tertiary/aromatic N) is 1. The zero-order valence-electron chi connectivity index (χ0n) is 17.1. The lowest BCUT2D eigenvalue weighted by atomic mass is 10.00. The van der Waals surface area contributed by atoms with Crippen molar-refractivity contribution in [2.45, 2.75) is 12.1 Å². The minimum Gasteiger partial charge on any atom is -0.497 e. The predicted molar refractivity (Wildman–Crippen MR) is 123 cm³/mol. The van der Waals surface area contributed by atoms with Crippen LogP contribution in [0.15, 0.2) is 72.8 Å². The van der Waals surface area contributed by atoms with Gasteiger partial charge in [0.2, 0.25) is 12.3 Å². The third-order valence-corrected chi connectivity index (χ3v) is 5.65. The molecule has 6 nitrogen and oxygen atoms in total. The molecule has 3 aromatic carbocycles. The number of halogens is 2. The highest BCUT2D eigenvalue weighted by molar-refractivity contribution is 6.30. The van der Waals surface area contributed by atoms with Gasteiger partial charge in [0.25, 0.3) is 5.91 Å². The number of methoxy groups -OCH3 is 1. The van der Waals surface area contributed by atoms with E-state index >= 15 is 0 Å². The number of ether oxygens (including phenoxy) is 1. The summed E-state index contributed by atoms with van der Waals surface area (Å²) >= 11 is 12.0. The molecule has 1 saturated heterocycles. The number of hydrogen-bond acceptors (Lipinski definition) is 3. The SMILES string of the molecule is COc1ccc(/C=[N+]2\NC(=O)[C@H](NC(=O)c3ccc(Cl)cc3)[C@H]2c2ccc(Cl)cc2)cc1. The molecule has 0 aromatic heterocycles. The highest BCUT2D eigenvalue weighted by Gasteiger charge is 2.47. The number of benzene rings is 3.